The van der Waals surface area contributed by atoms with Crippen LogP contribution in [0.4, 0.5) is 0 Å². The third-order valence-corrected chi connectivity index (χ3v) is 4.61. The summed E-state index contributed by atoms with van der Waals surface area (Å²) in [4.78, 5) is 26.4. The number of benzene rings is 1. The molecule has 0 radical (unpaired) electrons. The van der Waals surface area contributed by atoms with E-state index in [0.29, 0.717) is 18.0 Å². The molecule has 0 aliphatic carbocycles. The summed E-state index contributed by atoms with van der Waals surface area (Å²) in [6.07, 6.45) is 4.08. The van der Waals surface area contributed by atoms with Crippen LogP contribution >= 0.6 is 11.6 Å². The Balaban J connectivity index is 2.08. The first-order valence-corrected chi connectivity index (χ1v) is 8.54. The van der Waals surface area contributed by atoms with E-state index in [1.165, 1.54) is 4.90 Å². The van der Waals surface area contributed by atoms with Gasteiger partial charge in [-0.1, -0.05) is 50.4 Å². The smallest absolute Gasteiger partial charge is 0.232 e. The van der Waals surface area contributed by atoms with Gasteiger partial charge in [0.05, 0.1) is 0 Å². The first-order chi connectivity index (χ1) is 10.6. The van der Waals surface area contributed by atoms with Crippen molar-refractivity contribution in [1.82, 2.24) is 4.90 Å². The molecule has 2 amide bonds. The molecule has 1 aromatic rings. The van der Waals surface area contributed by atoms with Crippen molar-refractivity contribution in [2.24, 2.45) is 5.92 Å². The van der Waals surface area contributed by atoms with Crippen molar-refractivity contribution in [2.75, 3.05) is 6.54 Å². The Morgan fingerprint density at radius 2 is 1.82 bits per heavy atom. The standard InChI is InChI=1S/C18H24ClNO2/c1-3-5-14(6-4-2)18(22)20-12-15(11-17(20)21)13-7-9-16(19)10-8-13/h7-10,14-15H,3-6,11-12H2,1-2H3. The summed E-state index contributed by atoms with van der Waals surface area (Å²) < 4.78 is 0. The van der Waals surface area contributed by atoms with Crippen LogP contribution < -0.4 is 0 Å². The SMILES string of the molecule is CCCC(CCC)C(=O)N1CC(c2ccc(Cl)cc2)CC1=O. The fraction of sp³-hybridized carbons (Fsp3) is 0.556. The number of amides is 2. The second kappa shape index (κ2) is 7.77. The molecule has 1 saturated heterocycles. The van der Waals surface area contributed by atoms with Crippen LogP contribution in [0.25, 0.3) is 0 Å². The molecular formula is C18H24ClNO2. The third-order valence-electron chi connectivity index (χ3n) is 4.36. The second-order valence-electron chi connectivity index (χ2n) is 6.07. The Morgan fingerprint density at radius 3 is 2.36 bits per heavy atom. The predicted molar refractivity (Wildman–Crippen MR) is 88.8 cm³/mol. The molecule has 1 heterocycles. The molecule has 1 aliphatic heterocycles. The first-order valence-electron chi connectivity index (χ1n) is 8.16. The number of hydrogen-bond donors (Lipinski definition) is 0. The molecule has 0 bridgehead atoms. The highest BCUT2D eigenvalue weighted by Gasteiger charge is 2.36. The highest BCUT2D eigenvalue weighted by molar-refractivity contribution is 6.30. The van der Waals surface area contributed by atoms with Crippen LogP contribution in [0.1, 0.15) is 57.4 Å². The van der Waals surface area contributed by atoms with Crippen LogP contribution in [0.3, 0.4) is 0 Å². The van der Waals surface area contributed by atoms with E-state index in [9.17, 15) is 9.59 Å². The van der Waals surface area contributed by atoms with Crippen molar-refractivity contribution in [2.45, 2.75) is 51.9 Å². The van der Waals surface area contributed by atoms with E-state index in [4.69, 9.17) is 11.6 Å². The molecule has 1 fully saturated rings. The van der Waals surface area contributed by atoms with Gasteiger partial charge >= 0.3 is 0 Å². The molecule has 4 heteroatoms. The number of carbonyl (C=O) groups is 2. The van der Waals surface area contributed by atoms with E-state index < -0.39 is 0 Å². The average Bonchev–Trinajstić information content (AvgIpc) is 2.89. The molecule has 1 aromatic carbocycles. The van der Waals surface area contributed by atoms with Gasteiger partial charge in [-0.2, -0.15) is 0 Å². The Morgan fingerprint density at radius 1 is 1.23 bits per heavy atom. The van der Waals surface area contributed by atoms with E-state index in [2.05, 4.69) is 13.8 Å². The summed E-state index contributed by atoms with van der Waals surface area (Å²) in [6.45, 7) is 4.67. The van der Waals surface area contributed by atoms with Gasteiger partial charge in [-0.3, -0.25) is 14.5 Å². The van der Waals surface area contributed by atoms with Crippen molar-refractivity contribution >= 4 is 23.4 Å². The number of imide groups is 1. The Kier molecular flexibility index (Phi) is 6.01. The van der Waals surface area contributed by atoms with Gasteiger partial charge in [0.15, 0.2) is 0 Å². The first kappa shape index (κ1) is 17.0. The fourth-order valence-electron chi connectivity index (χ4n) is 3.19. The summed E-state index contributed by atoms with van der Waals surface area (Å²) >= 11 is 5.91. The van der Waals surface area contributed by atoms with Crippen LogP contribution in [-0.2, 0) is 9.59 Å². The monoisotopic (exact) mass is 321 g/mol. The number of carbonyl (C=O) groups excluding carboxylic acids is 2. The predicted octanol–water partition coefficient (Wildman–Crippen LogP) is 4.40. The van der Waals surface area contributed by atoms with Crippen LogP contribution in [0.2, 0.25) is 5.02 Å². The number of hydrogen-bond acceptors (Lipinski definition) is 2. The van der Waals surface area contributed by atoms with Crippen molar-refractivity contribution in [1.29, 1.82) is 0 Å². The Bertz CT molecular complexity index is 520. The quantitative estimate of drug-likeness (QED) is 0.778. The van der Waals surface area contributed by atoms with Crippen LogP contribution in [-0.4, -0.2) is 23.3 Å². The van der Waals surface area contributed by atoms with E-state index in [-0.39, 0.29) is 23.7 Å². The maximum atomic E-state index is 12.7. The molecule has 1 unspecified atom stereocenters. The number of likely N-dealkylation sites (tertiary alicyclic amines) is 1. The minimum absolute atomic E-state index is 0.0112. The molecule has 0 saturated carbocycles. The maximum absolute atomic E-state index is 12.7. The summed E-state index contributed by atoms with van der Waals surface area (Å²) in [5.74, 6) is 0.0628. The molecule has 22 heavy (non-hydrogen) atoms. The van der Waals surface area contributed by atoms with Gasteiger partial charge in [0.25, 0.3) is 0 Å². The molecule has 0 spiro atoms. The summed E-state index contributed by atoms with van der Waals surface area (Å²) in [5.41, 5.74) is 1.08. The molecule has 1 aliphatic rings. The average molecular weight is 322 g/mol. The molecule has 2 rings (SSSR count). The number of halogens is 1. The van der Waals surface area contributed by atoms with Gasteiger partial charge in [-0.15, -0.1) is 0 Å². The van der Waals surface area contributed by atoms with Crippen molar-refractivity contribution in [3.63, 3.8) is 0 Å². The lowest BCUT2D eigenvalue weighted by molar-refractivity contribution is -0.144. The fourth-order valence-corrected chi connectivity index (χ4v) is 3.31. The van der Waals surface area contributed by atoms with Gasteiger partial charge in [-0.25, -0.2) is 0 Å². The molecule has 120 valence electrons. The maximum Gasteiger partial charge on any atom is 0.232 e. The van der Waals surface area contributed by atoms with Crippen LogP contribution in [0.15, 0.2) is 24.3 Å². The zero-order valence-corrected chi connectivity index (χ0v) is 14.1. The Labute approximate surface area is 137 Å². The van der Waals surface area contributed by atoms with Crippen molar-refractivity contribution in [3.8, 4) is 0 Å². The van der Waals surface area contributed by atoms with Gasteiger partial charge in [0.1, 0.15) is 0 Å². The number of rotatable bonds is 6. The largest absolute Gasteiger partial charge is 0.282 e. The second-order valence-corrected chi connectivity index (χ2v) is 6.51. The van der Waals surface area contributed by atoms with E-state index in [1.807, 2.05) is 24.3 Å². The molecule has 1 atom stereocenters. The topological polar surface area (TPSA) is 37.4 Å². The summed E-state index contributed by atoms with van der Waals surface area (Å²) in [5, 5.41) is 0.687. The van der Waals surface area contributed by atoms with E-state index in [1.54, 1.807) is 0 Å². The van der Waals surface area contributed by atoms with Crippen molar-refractivity contribution < 1.29 is 9.59 Å². The molecule has 3 nitrogen and oxygen atoms in total. The van der Waals surface area contributed by atoms with E-state index in [0.717, 1.165) is 31.2 Å². The van der Waals surface area contributed by atoms with Crippen LogP contribution in [0.5, 0.6) is 0 Å². The van der Waals surface area contributed by atoms with Crippen LogP contribution in [0, 0.1) is 5.92 Å². The minimum atomic E-state index is -0.0397. The molecular weight excluding hydrogens is 298 g/mol. The van der Waals surface area contributed by atoms with Gasteiger partial charge < -0.3 is 0 Å². The van der Waals surface area contributed by atoms with Crippen molar-refractivity contribution in [3.05, 3.63) is 34.9 Å². The summed E-state index contributed by atoms with van der Waals surface area (Å²) in [7, 11) is 0. The lowest BCUT2D eigenvalue weighted by atomic mass is 9.96. The lowest BCUT2D eigenvalue weighted by Crippen LogP contribution is -2.37. The molecule has 0 N–H and O–H groups in total. The minimum Gasteiger partial charge on any atom is -0.282 e. The molecule has 0 aromatic heterocycles. The zero-order chi connectivity index (χ0) is 16.1. The summed E-state index contributed by atoms with van der Waals surface area (Å²) in [6, 6.07) is 7.57. The van der Waals surface area contributed by atoms with E-state index >= 15 is 0 Å². The van der Waals surface area contributed by atoms with Gasteiger partial charge in [0.2, 0.25) is 11.8 Å². The lowest BCUT2D eigenvalue weighted by Gasteiger charge is -2.21. The Hall–Kier alpha value is -1.35. The highest BCUT2D eigenvalue weighted by Crippen LogP contribution is 2.31. The normalized spacial score (nSPS) is 18.3. The highest BCUT2D eigenvalue weighted by atomic mass is 35.5. The van der Waals surface area contributed by atoms with Gasteiger partial charge in [-0.05, 0) is 30.5 Å². The zero-order valence-electron chi connectivity index (χ0n) is 13.3. The number of nitrogens with zero attached hydrogens (tertiary/aromatic N) is 1. The third kappa shape index (κ3) is 3.89. The van der Waals surface area contributed by atoms with Gasteiger partial charge in [0, 0.05) is 29.8 Å².